The number of hydrogen-bond acceptors (Lipinski definition) is 7. The van der Waals surface area contributed by atoms with Crippen LogP contribution in [0.4, 0.5) is 5.69 Å². The molecule has 2 aromatic carbocycles. The van der Waals surface area contributed by atoms with Gasteiger partial charge in [0.05, 0.1) is 33.9 Å². The van der Waals surface area contributed by atoms with Gasteiger partial charge in [-0.1, -0.05) is 13.0 Å². The van der Waals surface area contributed by atoms with Crippen molar-refractivity contribution in [1.29, 1.82) is 0 Å². The Labute approximate surface area is 232 Å². The van der Waals surface area contributed by atoms with Gasteiger partial charge in [-0.25, -0.2) is 4.98 Å². The summed E-state index contributed by atoms with van der Waals surface area (Å²) in [5.74, 6) is -0.970. The minimum absolute atomic E-state index is 0.127. The average Bonchev–Trinajstić information content (AvgIpc) is 3.29. The van der Waals surface area contributed by atoms with Gasteiger partial charge in [0, 0.05) is 24.2 Å². The number of likely N-dealkylation sites (tertiary alicyclic amines) is 1. The van der Waals surface area contributed by atoms with Crippen molar-refractivity contribution in [2.45, 2.75) is 50.6 Å². The van der Waals surface area contributed by atoms with Gasteiger partial charge in [0.1, 0.15) is 5.75 Å². The number of carbonyl (C=O) groups is 3. The van der Waals surface area contributed by atoms with E-state index in [1.807, 2.05) is 0 Å². The van der Waals surface area contributed by atoms with E-state index in [-0.39, 0.29) is 17.5 Å². The molecule has 1 aromatic heterocycles. The maximum absolute atomic E-state index is 13.4. The van der Waals surface area contributed by atoms with Crippen LogP contribution in [0.3, 0.4) is 0 Å². The average molecular weight is 550 g/mol. The minimum Gasteiger partial charge on any atom is -0.496 e. The number of thiazole rings is 1. The summed E-state index contributed by atoms with van der Waals surface area (Å²) in [6.45, 7) is 2.58. The molecule has 1 aliphatic heterocycles. The molecule has 2 fully saturated rings. The van der Waals surface area contributed by atoms with Crippen LogP contribution in [0.1, 0.15) is 65.5 Å². The molecule has 39 heavy (non-hydrogen) atoms. The first-order chi connectivity index (χ1) is 18.6. The van der Waals surface area contributed by atoms with Gasteiger partial charge in [-0.2, -0.15) is 0 Å². The number of piperidine rings is 1. The molecule has 206 valence electrons. The number of hydrogen-bond donors (Lipinski definition) is 2. The number of primary amides is 1. The number of amides is 3. The Hall–Kier alpha value is -3.50. The summed E-state index contributed by atoms with van der Waals surface area (Å²) in [5.41, 5.74) is 7.81. The van der Waals surface area contributed by atoms with Crippen molar-refractivity contribution >= 4 is 45.0 Å². The maximum Gasteiger partial charge on any atom is 0.313 e. The fourth-order valence-electron chi connectivity index (χ4n) is 5.57. The van der Waals surface area contributed by atoms with E-state index < -0.39 is 17.7 Å². The zero-order chi connectivity index (χ0) is 27.8. The second-order valence-electron chi connectivity index (χ2n) is 11.0. The molecule has 3 amide bonds. The predicted molar refractivity (Wildman–Crippen MR) is 152 cm³/mol. The number of nitrogens with two attached hydrogens (primary N) is 1. The number of ether oxygens (including phenoxy) is 1. The minimum atomic E-state index is -0.757. The molecule has 0 bridgehead atoms. The highest BCUT2D eigenvalue weighted by atomic mass is 32.1. The molecular formula is C29H35N5O4S. The normalized spacial score (nSPS) is 22.9. The van der Waals surface area contributed by atoms with E-state index in [2.05, 4.69) is 49.4 Å². The molecule has 2 heterocycles. The highest BCUT2D eigenvalue weighted by Crippen LogP contribution is 2.43. The van der Waals surface area contributed by atoms with Crippen molar-refractivity contribution in [2.75, 3.05) is 33.1 Å². The Bertz CT molecular complexity index is 1410. The number of nitrogens with zero attached hydrogens (tertiary/aromatic N) is 3. The van der Waals surface area contributed by atoms with Crippen LogP contribution in [-0.4, -0.2) is 66.3 Å². The fourth-order valence-corrected chi connectivity index (χ4v) is 6.65. The number of anilines is 1. The largest absolute Gasteiger partial charge is 0.496 e. The molecule has 3 N–H and O–H groups in total. The van der Waals surface area contributed by atoms with Crippen molar-refractivity contribution in [3.63, 3.8) is 0 Å². The number of benzene rings is 2. The Balaban J connectivity index is 1.34. The Morgan fingerprint density at radius 3 is 2.59 bits per heavy atom. The zero-order valence-corrected chi connectivity index (χ0v) is 23.6. The topological polar surface area (TPSA) is 118 Å². The van der Waals surface area contributed by atoms with Crippen LogP contribution in [0.2, 0.25) is 0 Å². The predicted octanol–water partition coefficient (Wildman–Crippen LogP) is 4.15. The molecule has 0 unspecified atom stereocenters. The monoisotopic (exact) mass is 549 g/mol. The van der Waals surface area contributed by atoms with Gasteiger partial charge in [0.15, 0.2) is 0 Å². The van der Waals surface area contributed by atoms with Crippen LogP contribution in [0.25, 0.3) is 10.2 Å². The van der Waals surface area contributed by atoms with Gasteiger partial charge in [-0.3, -0.25) is 14.4 Å². The number of carbonyl (C=O) groups excluding carboxylic acids is 3. The molecule has 1 saturated carbocycles. The van der Waals surface area contributed by atoms with Gasteiger partial charge in [0.2, 0.25) is 0 Å². The Morgan fingerprint density at radius 1 is 1.13 bits per heavy atom. The van der Waals surface area contributed by atoms with Crippen LogP contribution in [-0.2, 0) is 9.59 Å². The third-order valence-electron chi connectivity index (χ3n) is 8.00. The molecule has 10 heteroatoms. The molecule has 3 aromatic rings. The summed E-state index contributed by atoms with van der Waals surface area (Å²) >= 11 is 1.75. The molecular weight excluding hydrogens is 514 g/mol. The van der Waals surface area contributed by atoms with Crippen LogP contribution in [0.15, 0.2) is 36.4 Å². The summed E-state index contributed by atoms with van der Waals surface area (Å²) < 4.78 is 6.30. The van der Waals surface area contributed by atoms with Crippen molar-refractivity contribution in [2.24, 2.45) is 11.7 Å². The Morgan fingerprint density at radius 2 is 1.90 bits per heavy atom. The van der Waals surface area contributed by atoms with Gasteiger partial charge in [0.25, 0.3) is 5.91 Å². The molecule has 9 nitrogen and oxygen atoms in total. The first-order valence-electron chi connectivity index (χ1n) is 13.3. The van der Waals surface area contributed by atoms with Crippen molar-refractivity contribution in [3.05, 3.63) is 52.5 Å². The molecule has 0 spiro atoms. The lowest BCUT2D eigenvalue weighted by Gasteiger charge is -2.38. The quantitative estimate of drug-likeness (QED) is 0.446. The SMILES string of the molecule is COc1ccc(NC(=O)C(=O)N2C[C@@H](C)CC[C@@H]2c2ccc3sc(C4CC(N(C)C)C4)nc3c2)cc1C(N)=O. The Kier molecular flexibility index (Phi) is 7.59. The summed E-state index contributed by atoms with van der Waals surface area (Å²) in [6, 6.07) is 11.2. The van der Waals surface area contributed by atoms with Crippen LogP contribution in [0, 0.1) is 5.92 Å². The highest BCUT2D eigenvalue weighted by Gasteiger charge is 2.36. The van der Waals surface area contributed by atoms with Gasteiger partial charge < -0.3 is 25.6 Å². The first-order valence-corrected chi connectivity index (χ1v) is 14.1. The highest BCUT2D eigenvalue weighted by molar-refractivity contribution is 7.18. The first kappa shape index (κ1) is 27.1. The van der Waals surface area contributed by atoms with E-state index in [1.54, 1.807) is 22.3 Å². The number of aromatic nitrogens is 1. The molecule has 0 radical (unpaired) electrons. The summed E-state index contributed by atoms with van der Waals surface area (Å²) in [6.07, 6.45) is 3.99. The molecule has 2 aliphatic rings. The van der Waals surface area contributed by atoms with Gasteiger partial charge in [-0.15, -0.1) is 11.3 Å². The van der Waals surface area contributed by atoms with E-state index in [9.17, 15) is 14.4 Å². The molecule has 1 aliphatic carbocycles. The second-order valence-corrected chi connectivity index (χ2v) is 12.0. The van der Waals surface area contributed by atoms with Crippen LogP contribution < -0.4 is 15.8 Å². The summed E-state index contributed by atoms with van der Waals surface area (Å²) in [4.78, 5) is 47.2. The van der Waals surface area contributed by atoms with Crippen molar-refractivity contribution < 1.29 is 19.1 Å². The van der Waals surface area contributed by atoms with Crippen molar-refractivity contribution in [3.8, 4) is 5.75 Å². The molecule has 5 rings (SSSR count). The van der Waals surface area contributed by atoms with Crippen LogP contribution >= 0.6 is 11.3 Å². The van der Waals surface area contributed by atoms with E-state index in [0.29, 0.717) is 29.9 Å². The third-order valence-corrected chi connectivity index (χ3v) is 9.20. The zero-order valence-electron chi connectivity index (χ0n) is 22.8. The smallest absolute Gasteiger partial charge is 0.313 e. The third kappa shape index (κ3) is 5.49. The maximum atomic E-state index is 13.4. The lowest BCUT2D eigenvalue weighted by atomic mass is 9.80. The molecule has 1 saturated heterocycles. The standard InChI is InChI=1S/C29H35N5O4S/c1-16-5-8-23(17-6-10-25-22(13-17)32-28(39-25)18-11-20(12-18)33(2)3)34(15-16)29(37)27(36)31-19-7-9-24(38-4)21(14-19)26(30)35/h6-7,9-10,13-14,16,18,20,23H,5,8,11-12,15H2,1-4H3,(H2,30,35)(H,31,36)/t16-,18?,20?,23+/m0/s1. The number of nitrogens with one attached hydrogen (secondary N) is 1. The van der Waals surface area contributed by atoms with Crippen molar-refractivity contribution in [1.82, 2.24) is 14.8 Å². The van der Waals surface area contributed by atoms with E-state index in [4.69, 9.17) is 15.5 Å². The van der Waals surface area contributed by atoms with E-state index in [1.165, 1.54) is 24.3 Å². The lowest BCUT2D eigenvalue weighted by molar-refractivity contribution is -0.146. The fraction of sp³-hybridized carbons (Fsp3) is 0.448. The number of methoxy groups -OCH3 is 1. The van der Waals surface area contributed by atoms with Gasteiger partial charge >= 0.3 is 11.8 Å². The lowest BCUT2D eigenvalue weighted by Crippen LogP contribution is -2.46. The number of rotatable bonds is 6. The van der Waals surface area contributed by atoms with E-state index in [0.717, 1.165) is 41.5 Å². The number of fused-ring (bicyclic) bond motifs is 1. The van der Waals surface area contributed by atoms with E-state index >= 15 is 0 Å². The van der Waals surface area contributed by atoms with Gasteiger partial charge in [-0.05, 0) is 81.6 Å². The summed E-state index contributed by atoms with van der Waals surface area (Å²) in [5, 5.41) is 3.81. The van der Waals surface area contributed by atoms with Crippen LogP contribution in [0.5, 0.6) is 5.75 Å². The second kappa shape index (κ2) is 10.9. The molecule has 2 atom stereocenters. The summed E-state index contributed by atoms with van der Waals surface area (Å²) in [7, 11) is 5.68.